The van der Waals surface area contributed by atoms with Crippen molar-refractivity contribution in [1.29, 1.82) is 0 Å². The molecule has 0 fully saturated rings. The summed E-state index contributed by atoms with van der Waals surface area (Å²) in [6.07, 6.45) is 1.69. The Morgan fingerprint density at radius 3 is 2.47 bits per heavy atom. The normalized spacial score (nSPS) is 10.7. The molecule has 0 amide bonds. The van der Waals surface area contributed by atoms with E-state index in [0.717, 1.165) is 16.3 Å². The molecule has 0 saturated carbocycles. The van der Waals surface area contributed by atoms with Gasteiger partial charge in [0, 0.05) is 9.79 Å². The number of rotatable bonds is 1. The molecule has 3 rings (SSSR count). The van der Waals surface area contributed by atoms with Gasteiger partial charge in [-0.15, -0.1) is 0 Å². The Labute approximate surface area is 121 Å². The lowest BCUT2D eigenvalue weighted by Gasteiger charge is -2.20. The Morgan fingerprint density at radius 2 is 1.74 bits per heavy atom. The molecule has 2 aromatic rings. The summed E-state index contributed by atoms with van der Waals surface area (Å²) < 4.78 is 0. The first-order valence-electron chi connectivity index (χ1n) is 5.39. The molecule has 0 radical (unpaired) electrons. The third-order valence-electron chi connectivity index (χ3n) is 2.49. The lowest BCUT2D eigenvalue weighted by Crippen LogP contribution is -2.00. The number of fused-ring (bicyclic) bond motifs is 2. The van der Waals surface area contributed by atoms with Crippen molar-refractivity contribution < 1.29 is 10.7 Å². The van der Waals surface area contributed by atoms with Crippen LogP contribution in [0.4, 0.5) is 17.1 Å². The fourth-order valence-corrected chi connectivity index (χ4v) is 2.73. The molecule has 1 heterocycles. The topological polar surface area (TPSA) is 75.8 Å². The van der Waals surface area contributed by atoms with Crippen LogP contribution in [0.25, 0.3) is 0 Å². The molecule has 0 saturated heterocycles. The van der Waals surface area contributed by atoms with E-state index in [9.17, 15) is 0 Å². The summed E-state index contributed by atoms with van der Waals surface area (Å²) in [4.78, 5) is 2.31. The maximum absolute atomic E-state index is 8.85. The van der Waals surface area contributed by atoms with Crippen molar-refractivity contribution in [2.45, 2.75) is 9.79 Å². The van der Waals surface area contributed by atoms with Gasteiger partial charge < -0.3 is 10.8 Å². The van der Waals surface area contributed by atoms with E-state index in [2.05, 4.69) is 35.6 Å². The molecular weight excluding hydrogens is 280 g/mol. The molecule has 0 aliphatic carbocycles. The standard InChI is InChI=1S/C12H10N2OS.CH4S.H2O/c15-14-8-5-6-10-12(7-8)16-11-4-2-1-3-9(11)13-10;1-2;/h1-7,13-15H;2H,1H3;1H2. The fourth-order valence-electron chi connectivity index (χ4n) is 1.70. The van der Waals surface area contributed by atoms with Crippen molar-refractivity contribution in [3.05, 3.63) is 42.5 Å². The maximum atomic E-state index is 8.85. The van der Waals surface area contributed by atoms with Gasteiger partial charge in [0.2, 0.25) is 0 Å². The van der Waals surface area contributed by atoms with Crippen LogP contribution in [0.1, 0.15) is 0 Å². The first-order chi connectivity index (χ1) is 8.86. The second kappa shape index (κ2) is 7.30. The van der Waals surface area contributed by atoms with Gasteiger partial charge in [0.05, 0.1) is 17.1 Å². The molecule has 102 valence electrons. The minimum atomic E-state index is 0. The monoisotopic (exact) mass is 296 g/mol. The van der Waals surface area contributed by atoms with Gasteiger partial charge in [0.15, 0.2) is 0 Å². The fraction of sp³-hybridized carbons (Fsp3) is 0.0769. The predicted molar refractivity (Wildman–Crippen MR) is 84.2 cm³/mol. The van der Waals surface area contributed by atoms with E-state index in [4.69, 9.17) is 5.21 Å². The molecule has 0 aromatic heterocycles. The molecule has 0 unspecified atom stereocenters. The van der Waals surface area contributed by atoms with Crippen LogP contribution >= 0.6 is 24.4 Å². The zero-order chi connectivity index (χ0) is 13.0. The number of hydrogen-bond donors (Lipinski definition) is 4. The minimum absolute atomic E-state index is 0. The van der Waals surface area contributed by atoms with Crippen LogP contribution in [0.3, 0.4) is 0 Å². The van der Waals surface area contributed by atoms with Gasteiger partial charge in [-0.05, 0) is 36.6 Å². The Kier molecular flexibility index (Phi) is 6.04. The van der Waals surface area contributed by atoms with Crippen molar-refractivity contribution in [1.82, 2.24) is 0 Å². The van der Waals surface area contributed by atoms with Gasteiger partial charge in [-0.1, -0.05) is 23.9 Å². The average Bonchev–Trinajstić information content (AvgIpc) is 2.46. The number of nitrogens with one attached hydrogen (secondary N) is 2. The third kappa shape index (κ3) is 3.36. The Morgan fingerprint density at radius 1 is 1.05 bits per heavy atom. The van der Waals surface area contributed by atoms with Gasteiger partial charge >= 0.3 is 0 Å². The number of thiol groups is 1. The number of para-hydroxylation sites is 1. The minimum Gasteiger partial charge on any atom is -0.412 e. The first-order valence-corrected chi connectivity index (χ1v) is 7.11. The number of anilines is 3. The highest BCUT2D eigenvalue weighted by Crippen LogP contribution is 2.44. The SMILES string of the molecule is CS.O.ONc1ccc2c(c1)Sc1ccccc1N2. The van der Waals surface area contributed by atoms with Gasteiger partial charge in [0.25, 0.3) is 0 Å². The molecule has 2 aromatic carbocycles. The maximum Gasteiger partial charge on any atom is 0.0614 e. The van der Waals surface area contributed by atoms with Crippen molar-refractivity contribution in [2.75, 3.05) is 17.1 Å². The van der Waals surface area contributed by atoms with E-state index in [1.165, 1.54) is 4.90 Å². The van der Waals surface area contributed by atoms with E-state index < -0.39 is 0 Å². The molecule has 1 aliphatic heterocycles. The Balaban J connectivity index is 0.000000576. The van der Waals surface area contributed by atoms with Crippen LogP contribution in [-0.4, -0.2) is 16.9 Å². The van der Waals surface area contributed by atoms with E-state index in [0.29, 0.717) is 5.69 Å². The second-order valence-corrected chi connectivity index (χ2v) is 4.63. The van der Waals surface area contributed by atoms with Crippen LogP contribution in [-0.2, 0) is 0 Å². The summed E-state index contributed by atoms with van der Waals surface area (Å²) in [6.45, 7) is 0. The highest BCUT2D eigenvalue weighted by molar-refractivity contribution is 7.99. The quantitative estimate of drug-likeness (QED) is 0.410. The first kappa shape index (κ1) is 15.7. The van der Waals surface area contributed by atoms with Crippen LogP contribution < -0.4 is 10.8 Å². The highest BCUT2D eigenvalue weighted by Gasteiger charge is 2.14. The van der Waals surface area contributed by atoms with Crippen molar-refractivity contribution in [3.63, 3.8) is 0 Å². The van der Waals surface area contributed by atoms with Crippen LogP contribution in [0.5, 0.6) is 0 Å². The molecule has 6 heteroatoms. The zero-order valence-electron chi connectivity index (χ0n) is 10.3. The van der Waals surface area contributed by atoms with Crippen LogP contribution in [0.2, 0.25) is 0 Å². The molecule has 5 N–H and O–H groups in total. The average molecular weight is 296 g/mol. The molecule has 0 bridgehead atoms. The van der Waals surface area contributed by atoms with E-state index >= 15 is 0 Å². The molecule has 4 nitrogen and oxygen atoms in total. The Hall–Kier alpha value is -1.34. The summed E-state index contributed by atoms with van der Waals surface area (Å²) in [7, 11) is 0. The van der Waals surface area contributed by atoms with Crippen molar-refractivity contribution in [2.24, 2.45) is 0 Å². The second-order valence-electron chi connectivity index (χ2n) is 3.55. The van der Waals surface area contributed by atoms with E-state index in [1.54, 1.807) is 18.0 Å². The van der Waals surface area contributed by atoms with Gasteiger partial charge in [-0.25, -0.2) is 0 Å². The summed E-state index contributed by atoms with van der Waals surface area (Å²) in [6, 6.07) is 13.9. The number of benzene rings is 2. The summed E-state index contributed by atoms with van der Waals surface area (Å²) in [5, 5.41) is 12.2. The summed E-state index contributed by atoms with van der Waals surface area (Å²) in [5.74, 6) is 0. The summed E-state index contributed by atoms with van der Waals surface area (Å²) in [5.41, 5.74) is 5.06. The van der Waals surface area contributed by atoms with Crippen LogP contribution in [0.15, 0.2) is 52.3 Å². The molecule has 0 spiro atoms. The number of hydrogen-bond acceptors (Lipinski definition) is 5. The Bertz CT molecular complexity index is 550. The third-order valence-corrected chi connectivity index (χ3v) is 3.62. The molecule has 19 heavy (non-hydrogen) atoms. The largest absolute Gasteiger partial charge is 0.412 e. The van der Waals surface area contributed by atoms with Gasteiger partial charge in [-0.3, -0.25) is 10.7 Å². The van der Waals surface area contributed by atoms with Gasteiger partial charge in [0.1, 0.15) is 0 Å². The van der Waals surface area contributed by atoms with E-state index in [-0.39, 0.29) is 5.48 Å². The molecule has 1 aliphatic rings. The van der Waals surface area contributed by atoms with Crippen molar-refractivity contribution in [3.8, 4) is 0 Å². The van der Waals surface area contributed by atoms with Gasteiger partial charge in [-0.2, -0.15) is 12.6 Å². The van der Waals surface area contributed by atoms with E-state index in [1.807, 2.05) is 30.3 Å². The lowest BCUT2D eigenvalue weighted by atomic mass is 10.2. The van der Waals surface area contributed by atoms with Crippen LogP contribution in [0, 0.1) is 0 Å². The van der Waals surface area contributed by atoms with Crippen molar-refractivity contribution >= 4 is 41.5 Å². The highest BCUT2D eigenvalue weighted by atomic mass is 32.2. The predicted octanol–water partition coefficient (Wildman–Crippen LogP) is 3.42. The molecular formula is C13H16N2O2S2. The molecule has 0 atom stereocenters. The lowest BCUT2D eigenvalue weighted by molar-refractivity contribution is 0.389. The zero-order valence-corrected chi connectivity index (χ0v) is 12.1. The summed E-state index contributed by atoms with van der Waals surface area (Å²) >= 11 is 5.23. The smallest absolute Gasteiger partial charge is 0.0614 e.